The summed E-state index contributed by atoms with van der Waals surface area (Å²) in [5.41, 5.74) is 1.92. The summed E-state index contributed by atoms with van der Waals surface area (Å²) in [5, 5.41) is 23.4. The molecule has 1 aromatic rings. The van der Waals surface area contributed by atoms with Gasteiger partial charge in [-0.2, -0.15) is 0 Å². The van der Waals surface area contributed by atoms with E-state index in [2.05, 4.69) is 10.1 Å². The van der Waals surface area contributed by atoms with Gasteiger partial charge in [0, 0.05) is 37.8 Å². The lowest BCUT2D eigenvalue weighted by Crippen LogP contribution is -2.22. The second kappa shape index (κ2) is 7.74. The first-order valence-electron chi connectivity index (χ1n) is 8.72. The molecule has 0 radical (unpaired) electrons. The van der Waals surface area contributed by atoms with Crippen molar-refractivity contribution >= 4 is 17.3 Å². The number of hydrogen-bond acceptors (Lipinski definition) is 7. The molecule has 2 N–H and O–H groups in total. The standard InChI is InChI=1S/C18H22N2O5/c21-10-9-19-11-3-1-4-13(22)17(11)15(24)8-7-12-18-14(23)5-2-6-16(18)25-20-12/h21,24H,1-10H2. The number of Topliss-reactive ketones (excluding diaryl/α,β-unsaturated/α-hetero) is 2. The molecule has 0 aliphatic heterocycles. The van der Waals surface area contributed by atoms with Crippen molar-refractivity contribution in [3.05, 3.63) is 28.3 Å². The first-order chi connectivity index (χ1) is 12.1. The number of fused-ring (bicyclic) bond motifs is 1. The maximum Gasteiger partial charge on any atom is 0.168 e. The molecule has 134 valence electrons. The fourth-order valence-electron chi connectivity index (χ4n) is 3.41. The molecule has 0 unspecified atom stereocenters. The number of ketones is 2. The van der Waals surface area contributed by atoms with Gasteiger partial charge >= 0.3 is 0 Å². The van der Waals surface area contributed by atoms with E-state index in [0.29, 0.717) is 61.3 Å². The van der Waals surface area contributed by atoms with E-state index in [1.54, 1.807) is 0 Å². The maximum absolute atomic E-state index is 12.2. The van der Waals surface area contributed by atoms with E-state index in [-0.39, 0.29) is 42.5 Å². The molecule has 7 nitrogen and oxygen atoms in total. The highest BCUT2D eigenvalue weighted by Gasteiger charge is 2.28. The molecule has 0 amide bonds. The van der Waals surface area contributed by atoms with Gasteiger partial charge in [-0.3, -0.25) is 14.6 Å². The summed E-state index contributed by atoms with van der Waals surface area (Å²) in [5.74, 6) is 0.501. The number of aliphatic hydroxyl groups is 2. The Kier molecular flexibility index (Phi) is 5.43. The largest absolute Gasteiger partial charge is 0.511 e. The van der Waals surface area contributed by atoms with Gasteiger partial charge in [-0.25, -0.2) is 0 Å². The minimum atomic E-state index is -0.126. The Balaban J connectivity index is 1.79. The van der Waals surface area contributed by atoms with Crippen LogP contribution in [0, 0.1) is 0 Å². The Bertz CT molecular complexity index is 745. The highest BCUT2D eigenvalue weighted by molar-refractivity contribution is 6.24. The number of nitrogens with zero attached hydrogens (tertiary/aromatic N) is 2. The second-order valence-corrected chi connectivity index (χ2v) is 6.35. The lowest BCUT2D eigenvalue weighted by atomic mass is 9.89. The molecule has 2 aliphatic rings. The smallest absolute Gasteiger partial charge is 0.168 e. The highest BCUT2D eigenvalue weighted by Crippen LogP contribution is 2.27. The molecule has 0 spiro atoms. The quantitative estimate of drug-likeness (QED) is 0.624. The Morgan fingerprint density at radius 3 is 2.68 bits per heavy atom. The Labute approximate surface area is 145 Å². The summed E-state index contributed by atoms with van der Waals surface area (Å²) in [4.78, 5) is 28.5. The fraction of sp³-hybridized carbons (Fsp3) is 0.556. The van der Waals surface area contributed by atoms with Crippen LogP contribution in [-0.4, -0.2) is 45.8 Å². The molecule has 2 aliphatic carbocycles. The van der Waals surface area contributed by atoms with E-state index < -0.39 is 0 Å². The van der Waals surface area contributed by atoms with Crippen molar-refractivity contribution in [2.45, 2.75) is 51.4 Å². The molecule has 0 bridgehead atoms. The Morgan fingerprint density at radius 2 is 1.88 bits per heavy atom. The van der Waals surface area contributed by atoms with Crippen molar-refractivity contribution in [3.63, 3.8) is 0 Å². The van der Waals surface area contributed by atoms with Gasteiger partial charge < -0.3 is 14.7 Å². The Hall–Kier alpha value is -2.28. The van der Waals surface area contributed by atoms with Crippen LogP contribution in [-0.2, 0) is 17.6 Å². The van der Waals surface area contributed by atoms with E-state index in [9.17, 15) is 14.7 Å². The zero-order chi connectivity index (χ0) is 17.8. The van der Waals surface area contributed by atoms with Crippen molar-refractivity contribution < 1.29 is 24.3 Å². The van der Waals surface area contributed by atoms with Crippen LogP contribution in [0.3, 0.4) is 0 Å². The minimum absolute atomic E-state index is 0.0265. The number of rotatable bonds is 5. The normalized spacial score (nSPS) is 21.6. The van der Waals surface area contributed by atoms with Gasteiger partial charge in [-0.1, -0.05) is 5.16 Å². The fourth-order valence-corrected chi connectivity index (χ4v) is 3.41. The molecule has 0 saturated heterocycles. The molecule has 1 heterocycles. The number of carbonyl (C=O) groups is 2. The molecular formula is C18H22N2O5. The molecule has 1 fully saturated rings. The topological polar surface area (TPSA) is 113 Å². The van der Waals surface area contributed by atoms with Crippen molar-refractivity contribution in [1.82, 2.24) is 5.16 Å². The summed E-state index contributed by atoms with van der Waals surface area (Å²) in [7, 11) is 0. The number of aliphatic imine (C=N–C) groups is 1. The van der Waals surface area contributed by atoms with Gasteiger partial charge in [0.1, 0.15) is 11.5 Å². The average Bonchev–Trinajstić information content (AvgIpc) is 3.02. The van der Waals surface area contributed by atoms with E-state index >= 15 is 0 Å². The number of carbonyl (C=O) groups excluding carboxylic acids is 2. The zero-order valence-corrected chi connectivity index (χ0v) is 14.1. The molecule has 3 rings (SSSR count). The van der Waals surface area contributed by atoms with Gasteiger partial charge in [0.2, 0.25) is 0 Å². The molecule has 1 aromatic heterocycles. The number of hydrogen-bond donors (Lipinski definition) is 2. The third-order valence-electron chi connectivity index (χ3n) is 4.59. The van der Waals surface area contributed by atoms with Gasteiger partial charge in [-0.05, 0) is 19.3 Å². The molecule has 0 aromatic carbocycles. The maximum atomic E-state index is 12.2. The number of allylic oxidation sites excluding steroid dienone is 2. The molecule has 1 saturated carbocycles. The van der Waals surface area contributed by atoms with Crippen LogP contribution in [0.25, 0.3) is 0 Å². The molecule has 7 heteroatoms. The van der Waals surface area contributed by atoms with Gasteiger partial charge in [0.05, 0.1) is 30.0 Å². The molecule has 25 heavy (non-hydrogen) atoms. The van der Waals surface area contributed by atoms with Crippen LogP contribution in [0.1, 0.15) is 60.3 Å². The van der Waals surface area contributed by atoms with Crippen molar-refractivity contribution in [3.8, 4) is 0 Å². The van der Waals surface area contributed by atoms with Gasteiger partial charge in [0.25, 0.3) is 0 Å². The lowest BCUT2D eigenvalue weighted by molar-refractivity contribution is -0.115. The van der Waals surface area contributed by atoms with Crippen LogP contribution >= 0.6 is 0 Å². The highest BCUT2D eigenvalue weighted by atomic mass is 16.5. The second-order valence-electron chi connectivity index (χ2n) is 6.35. The van der Waals surface area contributed by atoms with Crippen LogP contribution in [0.2, 0.25) is 0 Å². The number of aliphatic hydroxyl groups excluding tert-OH is 2. The summed E-state index contributed by atoms with van der Waals surface area (Å²) in [6.45, 7) is 0.115. The first kappa shape index (κ1) is 17.5. The third-order valence-corrected chi connectivity index (χ3v) is 4.59. The predicted octanol–water partition coefficient (Wildman–Crippen LogP) is 2.12. The van der Waals surface area contributed by atoms with E-state index in [4.69, 9.17) is 9.63 Å². The Morgan fingerprint density at radius 1 is 1.12 bits per heavy atom. The van der Waals surface area contributed by atoms with E-state index in [1.807, 2.05) is 0 Å². The van der Waals surface area contributed by atoms with Gasteiger partial charge in [0.15, 0.2) is 11.6 Å². The van der Waals surface area contributed by atoms with Crippen molar-refractivity contribution in [1.29, 1.82) is 0 Å². The van der Waals surface area contributed by atoms with Gasteiger partial charge in [-0.15, -0.1) is 0 Å². The summed E-state index contributed by atoms with van der Waals surface area (Å²) in [6, 6.07) is 0. The first-order valence-corrected chi connectivity index (χ1v) is 8.72. The zero-order valence-electron chi connectivity index (χ0n) is 14.1. The third kappa shape index (κ3) is 3.71. The van der Waals surface area contributed by atoms with Crippen LogP contribution in [0.15, 0.2) is 20.8 Å². The predicted molar refractivity (Wildman–Crippen MR) is 90.0 cm³/mol. The van der Waals surface area contributed by atoms with Crippen molar-refractivity contribution in [2.75, 3.05) is 13.2 Å². The lowest BCUT2D eigenvalue weighted by Gasteiger charge is -2.17. The van der Waals surface area contributed by atoms with E-state index in [1.165, 1.54) is 0 Å². The molecule has 0 atom stereocenters. The van der Waals surface area contributed by atoms with Crippen LogP contribution < -0.4 is 0 Å². The average molecular weight is 346 g/mol. The molecular weight excluding hydrogens is 324 g/mol. The van der Waals surface area contributed by atoms with Crippen molar-refractivity contribution in [2.24, 2.45) is 4.99 Å². The van der Waals surface area contributed by atoms with Crippen LogP contribution in [0.5, 0.6) is 0 Å². The number of aryl methyl sites for hydroxylation is 2. The summed E-state index contributed by atoms with van der Waals surface area (Å²) in [6.07, 6.45) is 4.20. The number of aromatic nitrogens is 1. The van der Waals surface area contributed by atoms with E-state index in [0.717, 1.165) is 6.42 Å². The summed E-state index contributed by atoms with van der Waals surface area (Å²) >= 11 is 0. The summed E-state index contributed by atoms with van der Waals surface area (Å²) < 4.78 is 5.24. The monoisotopic (exact) mass is 346 g/mol. The SMILES string of the molecule is O=C1CCCC(=NCCO)C1=C(O)CCc1noc2c1C(=O)CCC2. The minimum Gasteiger partial charge on any atom is -0.511 e. The van der Waals surface area contributed by atoms with Crippen LogP contribution in [0.4, 0.5) is 0 Å².